The van der Waals surface area contributed by atoms with Crippen LogP contribution in [0.25, 0.3) is 11.5 Å². The number of rotatable bonds is 3. The molecule has 1 fully saturated rings. The smallest absolute Gasteiger partial charge is 0.262 e. The van der Waals surface area contributed by atoms with Crippen LogP contribution < -0.4 is 0 Å². The lowest BCUT2D eigenvalue weighted by atomic mass is 9.77. The summed E-state index contributed by atoms with van der Waals surface area (Å²) >= 11 is 0. The molecule has 2 heterocycles. The lowest BCUT2D eigenvalue weighted by Gasteiger charge is -2.29. The van der Waals surface area contributed by atoms with Gasteiger partial charge in [0, 0.05) is 5.92 Å². The Morgan fingerprint density at radius 1 is 1.33 bits per heavy atom. The van der Waals surface area contributed by atoms with E-state index >= 15 is 0 Å². The van der Waals surface area contributed by atoms with Gasteiger partial charge in [0.1, 0.15) is 11.8 Å². The topological polar surface area (TPSA) is 91.4 Å². The van der Waals surface area contributed by atoms with E-state index in [-0.39, 0.29) is 0 Å². The molecule has 2 aromatic heterocycles. The molecule has 1 saturated carbocycles. The molecule has 0 amide bonds. The monoisotopic (exact) mass is 285 g/mol. The van der Waals surface area contributed by atoms with Crippen LogP contribution in [-0.2, 0) is 0 Å². The molecule has 0 spiro atoms. The summed E-state index contributed by atoms with van der Waals surface area (Å²) in [6.45, 7) is 4.58. The summed E-state index contributed by atoms with van der Waals surface area (Å²) in [6.07, 6.45) is 6.21. The predicted molar refractivity (Wildman–Crippen MR) is 76.1 cm³/mol. The first-order chi connectivity index (χ1) is 10.2. The van der Waals surface area contributed by atoms with E-state index in [0.717, 1.165) is 30.5 Å². The lowest BCUT2D eigenvalue weighted by Crippen LogP contribution is -2.18. The number of aromatic amines is 1. The Bertz CT molecular complexity index is 643. The van der Waals surface area contributed by atoms with Crippen LogP contribution >= 0.6 is 0 Å². The molecule has 0 unspecified atom stereocenters. The molecule has 6 nitrogen and oxygen atoms in total. The molecule has 1 aliphatic carbocycles. The highest BCUT2D eigenvalue weighted by Gasteiger charge is 2.27. The molecule has 3 rings (SSSR count). The molecule has 0 saturated heterocycles. The van der Waals surface area contributed by atoms with Crippen molar-refractivity contribution in [3.63, 3.8) is 0 Å². The van der Waals surface area contributed by atoms with Gasteiger partial charge in [-0.3, -0.25) is 5.10 Å². The summed E-state index contributed by atoms with van der Waals surface area (Å²) in [5.74, 6) is 3.07. The Hall–Kier alpha value is -2.16. The van der Waals surface area contributed by atoms with Gasteiger partial charge in [0.25, 0.3) is 5.89 Å². The second-order valence-corrected chi connectivity index (χ2v) is 6.08. The number of hydrogen-bond acceptors (Lipinski definition) is 5. The molecule has 0 atom stereocenters. The number of aromatic nitrogens is 4. The summed E-state index contributed by atoms with van der Waals surface area (Å²) in [6, 6.07) is 2.04. The van der Waals surface area contributed by atoms with E-state index in [2.05, 4.69) is 34.2 Å². The van der Waals surface area contributed by atoms with Crippen LogP contribution in [0, 0.1) is 23.2 Å². The predicted octanol–water partition coefficient (Wildman–Crippen LogP) is 3.26. The van der Waals surface area contributed by atoms with Gasteiger partial charge < -0.3 is 4.52 Å². The van der Waals surface area contributed by atoms with Crippen molar-refractivity contribution in [1.82, 2.24) is 20.3 Å². The van der Waals surface area contributed by atoms with Gasteiger partial charge in [-0.15, -0.1) is 0 Å². The first kappa shape index (κ1) is 13.8. The summed E-state index contributed by atoms with van der Waals surface area (Å²) in [4.78, 5) is 4.47. The third-order valence-electron chi connectivity index (χ3n) is 4.50. The maximum absolute atomic E-state index is 8.99. The summed E-state index contributed by atoms with van der Waals surface area (Å²) in [5.41, 5.74) is 0.931. The van der Waals surface area contributed by atoms with Gasteiger partial charge in [0.05, 0.1) is 11.8 Å². The zero-order valence-corrected chi connectivity index (χ0v) is 12.3. The van der Waals surface area contributed by atoms with Crippen LogP contribution in [0.4, 0.5) is 0 Å². The van der Waals surface area contributed by atoms with E-state index in [9.17, 15) is 0 Å². The van der Waals surface area contributed by atoms with Crippen LogP contribution in [0.3, 0.4) is 0 Å². The largest absolute Gasteiger partial charge is 0.334 e. The highest BCUT2D eigenvalue weighted by atomic mass is 16.5. The molecule has 6 heteroatoms. The van der Waals surface area contributed by atoms with Crippen LogP contribution in [-0.4, -0.2) is 20.3 Å². The molecule has 110 valence electrons. The Morgan fingerprint density at radius 3 is 2.76 bits per heavy atom. The molecular weight excluding hydrogens is 266 g/mol. The van der Waals surface area contributed by atoms with Crippen molar-refractivity contribution < 1.29 is 4.52 Å². The Labute approximate surface area is 123 Å². The zero-order valence-electron chi connectivity index (χ0n) is 12.3. The summed E-state index contributed by atoms with van der Waals surface area (Å²) in [7, 11) is 0. The minimum Gasteiger partial charge on any atom is -0.334 e. The average molecular weight is 285 g/mol. The SMILES string of the molecule is CC(C)C1CCC(c2noc(-c3cn[nH]c3C#N)n2)CC1. The fourth-order valence-corrected chi connectivity index (χ4v) is 3.09. The highest BCUT2D eigenvalue weighted by Crippen LogP contribution is 2.38. The molecule has 21 heavy (non-hydrogen) atoms. The Kier molecular flexibility index (Phi) is 3.74. The molecule has 2 aromatic rings. The minimum absolute atomic E-state index is 0.355. The van der Waals surface area contributed by atoms with E-state index in [1.54, 1.807) is 6.20 Å². The van der Waals surface area contributed by atoms with Gasteiger partial charge in [-0.2, -0.15) is 15.3 Å². The first-order valence-corrected chi connectivity index (χ1v) is 7.46. The van der Waals surface area contributed by atoms with Gasteiger partial charge in [0.15, 0.2) is 5.82 Å². The molecule has 0 aliphatic heterocycles. The molecule has 0 aromatic carbocycles. The Balaban J connectivity index is 1.73. The first-order valence-electron chi connectivity index (χ1n) is 7.46. The fourth-order valence-electron chi connectivity index (χ4n) is 3.09. The summed E-state index contributed by atoms with van der Waals surface area (Å²) < 4.78 is 5.31. The second-order valence-electron chi connectivity index (χ2n) is 6.08. The van der Waals surface area contributed by atoms with Crippen molar-refractivity contribution in [3.05, 3.63) is 17.7 Å². The highest BCUT2D eigenvalue weighted by molar-refractivity contribution is 5.59. The van der Waals surface area contributed by atoms with Crippen molar-refractivity contribution in [1.29, 1.82) is 5.26 Å². The van der Waals surface area contributed by atoms with Crippen molar-refractivity contribution >= 4 is 0 Å². The minimum atomic E-state index is 0.355. The zero-order chi connectivity index (χ0) is 14.8. The van der Waals surface area contributed by atoms with Gasteiger partial charge in [0.2, 0.25) is 0 Å². The lowest BCUT2D eigenvalue weighted by molar-refractivity contribution is 0.252. The summed E-state index contributed by atoms with van der Waals surface area (Å²) in [5, 5.41) is 19.6. The normalized spacial score (nSPS) is 22.4. The van der Waals surface area contributed by atoms with Crippen LogP contribution in [0.15, 0.2) is 10.7 Å². The van der Waals surface area contributed by atoms with Gasteiger partial charge in [-0.1, -0.05) is 19.0 Å². The average Bonchev–Trinajstić information content (AvgIpc) is 3.15. The van der Waals surface area contributed by atoms with Crippen molar-refractivity contribution in [2.24, 2.45) is 11.8 Å². The molecule has 0 bridgehead atoms. The maximum atomic E-state index is 8.99. The van der Waals surface area contributed by atoms with Crippen LogP contribution in [0.5, 0.6) is 0 Å². The molecule has 1 N–H and O–H groups in total. The number of nitriles is 1. The van der Waals surface area contributed by atoms with Crippen molar-refractivity contribution in [2.75, 3.05) is 0 Å². The quantitative estimate of drug-likeness (QED) is 0.934. The fraction of sp³-hybridized carbons (Fsp3) is 0.600. The standard InChI is InChI=1S/C15H19N5O/c1-9(2)10-3-5-11(6-4-10)14-18-15(21-20-14)12-8-17-19-13(12)7-16/h8-11H,3-6H2,1-2H3,(H,17,19). The molecular formula is C15H19N5O. The van der Waals surface area contributed by atoms with E-state index in [4.69, 9.17) is 9.78 Å². The van der Waals surface area contributed by atoms with Crippen molar-refractivity contribution in [2.45, 2.75) is 45.4 Å². The number of hydrogen-bond donors (Lipinski definition) is 1. The Morgan fingerprint density at radius 2 is 2.10 bits per heavy atom. The van der Waals surface area contributed by atoms with Gasteiger partial charge in [-0.05, 0) is 37.5 Å². The maximum Gasteiger partial charge on any atom is 0.262 e. The second kappa shape index (κ2) is 5.68. The third kappa shape index (κ3) is 2.68. The van der Waals surface area contributed by atoms with E-state index in [0.29, 0.717) is 23.1 Å². The number of H-pyrrole nitrogens is 1. The van der Waals surface area contributed by atoms with Crippen LogP contribution in [0.1, 0.15) is 57.0 Å². The van der Waals surface area contributed by atoms with Crippen molar-refractivity contribution in [3.8, 4) is 17.5 Å². The molecule has 0 radical (unpaired) electrons. The van der Waals surface area contributed by atoms with E-state index < -0.39 is 0 Å². The van der Waals surface area contributed by atoms with E-state index in [1.807, 2.05) is 6.07 Å². The van der Waals surface area contributed by atoms with Gasteiger partial charge >= 0.3 is 0 Å². The number of nitrogens with one attached hydrogen (secondary N) is 1. The molecule has 1 aliphatic rings. The van der Waals surface area contributed by atoms with Gasteiger partial charge in [-0.25, -0.2) is 0 Å². The van der Waals surface area contributed by atoms with E-state index in [1.165, 1.54) is 12.8 Å². The van der Waals surface area contributed by atoms with Crippen LogP contribution in [0.2, 0.25) is 0 Å². The number of nitrogens with zero attached hydrogens (tertiary/aromatic N) is 4. The third-order valence-corrected chi connectivity index (χ3v) is 4.50.